The van der Waals surface area contributed by atoms with E-state index >= 15 is 0 Å². The van der Waals surface area contributed by atoms with Gasteiger partial charge in [0.1, 0.15) is 5.82 Å². The molecule has 1 unspecified atom stereocenters. The topological polar surface area (TPSA) is 12.9 Å². The highest BCUT2D eigenvalue weighted by molar-refractivity contribution is 6.32. The maximum atomic E-state index is 12.9. The van der Waals surface area contributed by atoms with E-state index in [1.54, 1.807) is 12.3 Å². The Morgan fingerprint density at radius 2 is 2.06 bits per heavy atom. The average molecular weight is 270 g/mol. The number of hydrogen-bond donors (Lipinski definition) is 0. The number of pyridine rings is 1. The summed E-state index contributed by atoms with van der Waals surface area (Å²) in [6, 6.07) is 9.88. The minimum atomic E-state index is -0.361. The van der Waals surface area contributed by atoms with Gasteiger partial charge in [-0.15, -0.1) is 11.6 Å². The number of rotatable bonds is 3. The third-order valence-corrected chi connectivity index (χ3v) is 3.13. The Morgan fingerprint density at radius 1 is 1.24 bits per heavy atom. The van der Waals surface area contributed by atoms with Crippen LogP contribution in [0.5, 0.6) is 0 Å². The van der Waals surface area contributed by atoms with Gasteiger partial charge in [-0.2, -0.15) is 0 Å². The number of nitrogens with zero attached hydrogens (tertiary/aromatic N) is 1. The normalized spacial score (nSPS) is 12.4. The van der Waals surface area contributed by atoms with Crippen LogP contribution in [0.25, 0.3) is 0 Å². The summed E-state index contributed by atoms with van der Waals surface area (Å²) in [7, 11) is 0. The van der Waals surface area contributed by atoms with Crippen molar-refractivity contribution in [2.24, 2.45) is 0 Å². The molecular weight excluding hydrogens is 260 g/mol. The second-order valence-electron chi connectivity index (χ2n) is 3.66. The number of aromatic nitrogens is 1. The molecule has 1 aromatic carbocycles. The Bertz CT molecular complexity index is 502. The van der Waals surface area contributed by atoms with Gasteiger partial charge in [-0.25, -0.2) is 4.39 Å². The van der Waals surface area contributed by atoms with E-state index in [4.69, 9.17) is 23.2 Å². The molecule has 17 heavy (non-hydrogen) atoms. The maximum absolute atomic E-state index is 12.9. The third kappa shape index (κ3) is 3.18. The Balaban J connectivity index is 2.17. The quantitative estimate of drug-likeness (QED) is 0.753. The molecule has 0 saturated carbocycles. The fourth-order valence-corrected chi connectivity index (χ4v) is 2.27. The van der Waals surface area contributed by atoms with Crippen LogP contribution in [0, 0.1) is 5.82 Å². The molecule has 2 rings (SSSR count). The molecular formula is C13H10Cl2FN. The predicted octanol–water partition coefficient (Wildman–Crippen LogP) is 4.40. The molecule has 4 heteroatoms. The van der Waals surface area contributed by atoms with E-state index in [-0.39, 0.29) is 11.2 Å². The van der Waals surface area contributed by atoms with E-state index in [0.29, 0.717) is 11.4 Å². The fraction of sp³-hybridized carbons (Fsp3) is 0.154. The van der Waals surface area contributed by atoms with E-state index < -0.39 is 0 Å². The molecule has 0 bridgehead atoms. The highest BCUT2D eigenvalue weighted by Crippen LogP contribution is 2.30. The molecule has 0 saturated heterocycles. The van der Waals surface area contributed by atoms with Crippen molar-refractivity contribution in [2.75, 3.05) is 0 Å². The molecule has 0 amide bonds. The van der Waals surface area contributed by atoms with Crippen molar-refractivity contribution >= 4 is 23.2 Å². The van der Waals surface area contributed by atoms with Crippen molar-refractivity contribution in [2.45, 2.75) is 11.8 Å². The molecule has 88 valence electrons. The fourth-order valence-electron chi connectivity index (χ4n) is 1.57. The van der Waals surface area contributed by atoms with Crippen LogP contribution >= 0.6 is 23.2 Å². The molecule has 0 aliphatic rings. The lowest BCUT2D eigenvalue weighted by Crippen LogP contribution is -1.99. The summed E-state index contributed by atoms with van der Waals surface area (Å²) in [6.07, 6.45) is 2.28. The third-order valence-electron chi connectivity index (χ3n) is 2.41. The van der Waals surface area contributed by atoms with Crippen molar-refractivity contribution in [3.8, 4) is 0 Å². The van der Waals surface area contributed by atoms with Gasteiger partial charge in [0.25, 0.3) is 0 Å². The Morgan fingerprint density at radius 3 is 2.71 bits per heavy atom. The summed E-state index contributed by atoms with van der Waals surface area (Å²) in [5, 5.41) is 0.0407. The van der Waals surface area contributed by atoms with E-state index in [2.05, 4.69) is 4.98 Å². The average Bonchev–Trinajstić information content (AvgIpc) is 2.30. The highest BCUT2D eigenvalue weighted by atomic mass is 35.5. The molecule has 1 aromatic heterocycles. The van der Waals surface area contributed by atoms with E-state index in [0.717, 1.165) is 11.3 Å². The standard InChI is InChI=1S/C13H10Cl2FN/c14-12-7-9(16)4-5-11(12)13(15)8-10-3-1-2-6-17-10/h1-7,13H,8H2. The van der Waals surface area contributed by atoms with Crippen molar-refractivity contribution in [3.05, 3.63) is 64.7 Å². The summed E-state index contributed by atoms with van der Waals surface area (Å²) in [5.74, 6) is -0.361. The number of alkyl halides is 1. The van der Waals surface area contributed by atoms with Crippen LogP contribution < -0.4 is 0 Å². The van der Waals surface area contributed by atoms with E-state index in [1.807, 2.05) is 18.2 Å². The number of hydrogen-bond acceptors (Lipinski definition) is 1. The molecule has 2 aromatic rings. The van der Waals surface area contributed by atoms with E-state index in [9.17, 15) is 4.39 Å². The monoisotopic (exact) mass is 269 g/mol. The minimum Gasteiger partial charge on any atom is -0.261 e. The largest absolute Gasteiger partial charge is 0.261 e. The van der Waals surface area contributed by atoms with E-state index in [1.165, 1.54) is 12.1 Å². The van der Waals surface area contributed by atoms with Crippen molar-refractivity contribution in [1.82, 2.24) is 4.98 Å². The molecule has 0 aliphatic carbocycles. The van der Waals surface area contributed by atoms with Gasteiger partial charge in [-0.05, 0) is 29.8 Å². The van der Waals surface area contributed by atoms with Gasteiger partial charge in [0.05, 0.1) is 5.38 Å². The van der Waals surface area contributed by atoms with Crippen LogP contribution in [0.3, 0.4) is 0 Å². The van der Waals surface area contributed by atoms with Gasteiger partial charge in [0.2, 0.25) is 0 Å². The minimum absolute atomic E-state index is 0.307. The number of benzene rings is 1. The molecule has 0 fully saturated rings. The summed E-state index contributed by atoms with van der Waals surface area (Å²) < 4.78 is 12.9. The van der Waals surface area contributed by atoms with Crippen LogP contribution in [-0.4, -0.2) is 4.98 Å². The zero-order valence-electron chi connectivity index (χ0n) is 8.91. The van der Waals surface area contributed by atoms with Crippen molar-refractivity contribution in [1.29, 1.82) is 0 Å². The summed E-state index contributed by atoms with van der Waals surface area (Å²) in [4.78, 5) is 4.19. The first kappa shape index (κ1) is 12.3. The van der Waals surface area contributed by atoms with Crippen LogP contribution in [0.15, 0.2) is 42.6 Å². The first-order chi connectivity index (χ1) is 8.16. The second-order valence-corrected chi connectivity index (χ2v) is 4.59. The zero-order chi connectivity index (χ0) is 12.3. The lowest BCUT2D eigenvalue weighted by molar-refractivity contribution is 0.627. The maximum Gasteiger partial charge on any atom is 0.124 e. The molecule has 1 atom stereocenters. The summed E-state index contributed by atoms with van der Waals surface area (Å²) in [5.41, 5.74) is 1.60. The van der Waals surface area contributed by atoms with Crippen LogP contribution in [0.4, 0.5) is 4.39 Å². The van der Waals surface area contributed by atoms with Gasteiger partial charge < -0.3 is 0 Å². The van der Waals surface area contributed by atoms with Gasteiger partial charge >= 0.3 is 0 Å². The zero-order valence-corrected chi connectivity index (χ0v) is 10.4. The Hall–Kier alpha value is -1.12. The first-order valence-electron chi connectivity index (χ1n) is 5.16. The van der Waals surface area contributed by atoms with Gasteiger partial charge in [0.15, 0.2) is 0 Å². The first-order valence-corrected chi connectivity index (χ1v) is 5.97. The molecule has 1 nitrogen and oxygen atoms in total. The lowest BCUT2D eigenvalue weighted by Gasteiger charge is -2.11. The van der Waals surface area contributed by atoms with Crippen LogP contribution in [0.1, 0.15) is 16.6 Å². The Kier molecular flexibility index (Phi) is 3.97. The SMILES string of the molecule is Fc1ccc(C(Cl)Cc2ccccn2)c(Cl)c1. The van der Waals surface area contributed by atoms with Gasteiger partial charge in [0, 0.05) is 23.3 Å². The predicted molar refractivity (Wildman–Crippen MR) is 67.9 cm³/mol. The van der Waals surface area contributed by atoms with Crippen LogP contribution in [-0.2, 0) is 6.42 Å². The molecule has 0 N–H and O–H groups in total. The second kappa shape index (κ2) is 5.48. The molecule has 0 aliphatic heterocycles. The Labute approximate surface area is 109 Å². The number of halogens is 3. The smallest absolute Gasteiger partial charge is 0.124 e. The van der Waals surface area contributed by atoms with Crippen molar-refractivity contribution in [3.63, 3.8) is 0 Å². The van der Waals surface area contributed by atoms with Crippen molar-refractivity contribution < 1.29 is 4.39 Å². The lowest BCUT2D eigenvalue weighted by atomic mass is 10.1. The van der Waals surface area contributed by atoms with Gasteiger partial charge in [-0.3, -0.25) is 4.98 Å². The van der Waals surface area contributed by atoms with Gasteiger partial charge in [-0.1, -0.05) is 23.7 Å². The summed E-state index contributed by atoms with van der Waals surface area (Å²) >= 11 is 12.2. The summed E-state index contributed by atoms with van der Waals surface area (Å²) in [6.45, 7) is 0. The molecule has 1 heterocycles. The highest BCUT2D eigenvalue weighted by Gasteiger charge is 2.13. The molecule has 0 spiro atoms. The van der Waals surface area contributed by atoms with Crippen LogP contribution in [0.2, 0.25) is 5.02 Å². The molecule has 0 radical (unpaired) electrons.